The van der Waals surface area contributed by atoms with E-state index in [1.165, 1.54) is 25.3 Å². The number of phenolic OH excluding ortho intramolecular Hbond substituents is 1. The van der Waals surface area contributed by atoms with Crippen LogP contribution >= 0.6 is 0 Å². The van der Waals surface area contributed by atoms with E-state index in [0.29, 0.717) is 5.56 Å². The highest BCUT2D eigenvalue weighted by molar-refractivity contribution is 5.87. The summed E-state index contributed by atoms with van der Waals surface area (Å²) in [5.74, 6) is -1.50. The first-order valence-corrected chi connectivity index (χ1v) is 7.15. The first-order chi connectivity index (χ1) is 11.4. The quantitative estimate of drug-likeness (QED) is 0.473. The van der Waals surface area contributed by atoms with Crippen LogP contribution in [0.5, 0.6) is 5.75 Å². The van der Waals surface area contributed by atoms with Crippen molar-refractivity contribution in [2.24, 2.45) is 0 Å². The van der Waals surface area contributed by atoms with Crippen molar-refractivity contribution in [3.8, 4) is 5.75 Å². The Balaban J connectivity index is 1.85. The first-order valence-electron chi connectivity index (χ1n) is 7.15. The van der Waals surface area contributed by atoms with Crippen molar-refractivity contribution in [3.63, 3.8) is 0 Å². The lowest BCUT2D eigenvalue weighted by Crippen LogP contribution is -2.42. The highest BCUT2D eigenvalue weighted by atomic mass is 16.6. The molecule has 1 unspecified atom stereocenters. The van der Waals surface area contributed by atoms with Crippen LogP contribution in [0.15, 0.2) is 30.3 Å². The zero-order valence-electron chi connectivity index (χ0n) is 12.9. The van der Waals surface area contributed by atoms with Crippen LogP contribution in [0.2, 0.25) is 0 Å². The smallest absolute Gasteiger partial charge is 0.338 e. The van der Waals surface area contributed by atoms with Gasteiger partial charge in [0.2, 0.25) is 0 Å². The van der Waals surface area contributed by atoms with Crippen LogP contribution in [0.1, 0.15) is 5.56 Å². The molecule has 1 aliphatic rings. The second-order valence-corrected chi connectivity index (χ2v) is 5.17. The van der Waals surface area contributed by atoms with Gasteiger partial charge in [-0.05, 0) is 23.8 Å². The van der Waals surface area contributed by atoms with Crippen LogP contribution in [0.25, 0.3) is 6.08 Å². The molecule has 1 aromatic rings. The topological polar surface area (TPSA) is 123 Å². The second kappa shape index (κ2) is 7.91. The van der Waals surface area contributed by atoms with Crippen LogP contribution in [-0.2, 0) is 23.8 Å². The van der Waals surface area contributed by atoms with Crippen molar-refractivity contribution in [1.29, 1.82) is 0 Å². The third-order valence-corrected chi connectivity index (χ3v) is 3.48. The van der Waals surface area contributed by atoms with Crippen LogP contribution in [0.4, 0.5) is 0 Å². The Morgan fingerprint density at radius 2 is 2.04 bits per heavy atom. The lowest BCUT2D eigenvalue weighted by Gasteiger charge is -2.21. The van der Waals surface area contributed by atoms with Gasteiger partial charge in [0.15, 0.2) is 12.2 Å². The highest BCUT2D eigenvalue weighted by Crippen LogP contribution is 2.21. The van der Waals surface area contributed by atoms with Crippen LogP contribution in [0, 0.1) is 0 Å². The van der Waals surface area contributed by atoms with Crippen molar-refractivity contribution in [2.75, 3.05) is 13.7 Å². The monoisotopic (exact) mass is 338 g/mol. The number of phenols is 1. The van der Waals surface area contributed by atoms with E-state index < -0.39 is 43.0 Å². The molecule has 0 bridgehead atoms. The lowest BCUT2D eigenvalue weighted by atomic mass is 10.1. The molecule has 1 heterocycles. The Morgan fingerprint density at radius 1 is 1.38 bits per heavy atom. The summed E-state index contributed by atoms with van der Waals surface area (Å²) in [4.78, 5) is 22.9. The fraction of sp³-hybridized carbons (Fsp3) is 0.375. The molecule has 8 heteroatoms. The number of ether oxygens (including phenoxy) is 3. The van der Waals surface area contributed by atoms with E-state index in [9.17, 15) is 19.8 Å². The predicted molar refractivity (Wildman–Crippen MR) is 80.8 cm³/mol. The Morgan fingerprint density at radius 3 is 2.67 bits per heavy atom. The maximum absolute atomic E-state index is 11.6. The Hall–Kier alpha value is -2.42. The van der Waals surface area contributed by atoms with Crippen molar-refractivity contribution in [1.82, 2.24) is 0 Å². The predicted octanol–water partition coefficient (Wildman–Crippen LogP) is -0.389. The SMILES string of the molecule is CO[C@H]1[C@@H](O)C(=O)O[C@H]1C(O)COC(=O)/C=C/c1ccc(O)cc1. The molecule has 0 aliphatic carbocycles. The molecule has 1 fully saturated rings. The minimum Gasteiger partial charge on any atom is -0.508 e. The number of benzene rings is 1. The molecule has 0 aromatic heterocycles. The van der Waals surface area contributed by atoms with Crippen molar-refractivity contribution >= 4 is 18.0 Å². The Kier molecular flexibility index (Phi) is 5.91. The van der Waals surface area contributed by atoms with Crippen molar-refractivity contribution < 1.29 is 39.1 Å². The Labute approximate surface area is 137 Å². The van der Waals surface area contributed by atoms with Gasteiger partial charge in [0.05, 0.1) is 0 Å². The zero-order chi connectivity index (χ0) is 17.7. The first kappa shape index (κ1) is 17.9. The van der Waals surface area contributed by atoms with E-state index in [4.69, 9.17) is 19.3 Å². The molecular formula is C16H18O8. The number of rotatable bonds is 6. The maximum atomic E-state index is 11.6. The summed E-state index contributed by atoms with van der Waals surface area (Å²) in [5, 5.41) is 28.6. The molecule has 1 saturated heterocycles. The number of aliphatic hydroxyl groups excluding tert-OH is 2. The molecule has 0 radical (unpaired) electrons. The number of cyclic esters (lactones) is 1. The summed E-state index contributed by atoms with van der Waals surface area (Å²) < 4.78 is 14.6. The summed E-state index contributed by atoms with van der Waals surface area (Å²) in [6, 6.07) is 6.16. The van der Waals surface area contributed by atoms with Gasteiger partial charge in [-0.3, -0.25) is 0 Å². The molecule has 24 heavy (non-hydrogen) atoms. The normalized spacial score (nSPS) is 24.8. The highest BCUT2D eigenvalue weighted by Gasteiger charge is 2.47. The number of carbonyl (C=O) groups is 2. The second-order valence-electron chi connectivity index (χ2n) is 5.17. The van der Waals surface area contributed by atoms with E-state index in [1.54, 1.807) is 12.1 Å². The number of methoxy groups -OCH3 is 1. The van der Waals surface area contributed by atoms with Gasteiger partial charge in [-0.2, -0.15) is 0 Å². The minimum atomic E-state index is -1.49. The van der Waals surface area contributed by atoms with E-state index in [1.807, 2.05) is 0 Å². The van der Waals surface area contributed by atoms with Gasteiger partial charge in [0.1, 0.15) is 24.6 Å². The molecule has 0 amide bonds. The fourth-order valence-corrected chi connectivity index (χ4v) is 2.21. The molecular weight excluding hydrogens is 320 g/mol. The molecule has 0 saturated carbocycles. The summed E-state index contributed by atoms with van der Waals surface area (Å²) in [6.07, 6.45) is -2.33. The summed E-state index contributed by atoms with van der Waals surface area (Å²) in [6.45, 7) is -0.427. The molecule has 1 aromatic carbocycles. The summed E-state index contributed by atoms with van der Waals surface area (Å²) in [5.41, 5.74) is 0.678. The number of esters is 2. The number of hydrogen-bond donors (Lipinski definition) is 3. The third-order valence-electron chi connectivity index (χ3n) is 3.48. The number of hydrogen-bond acceptors (Lipinski definition) is 8. The van der Waals surface area contributed by atoms with E-state index in [2.05, 4.69) is 0 Å². The minimum absolute atomic E-state index is 0.110. The summed E-state index contributed by atoms with van der Waals surface area (Å²) in [7, 11) is 1.27. The van der Waals surface area contributed by atoms with Crippen LogP contribution < -0.4 is 0 Å². The summed E-state index contributed by atoms with van der Waals surface area (Å²) >= 11 is 0. The zero-order valence-corrected chi connectivity index (χ0v) is 12.9. The number of aromatic hydroxyl groups is 1. The largest absolute Gasteiger partial charge is 0.508 e. The van der Waals surface area contributed by atoms with Gasteiger partial charge < -0.3 is 29.5 Å². The van der Waals surface area contributed by atoms with Gasteiger partial charge in [-0.25, -0.2) is 9.59 Å². The van der Waals surface area contributed by atoms with E-state index in [-0.39, 0.29) is 5.75 Å². The van der Waals surface area contributed by atoms with Gasteiger partial charge in [-0.15, -0.1) is 0 Å². The van der Waals surface area contributed by atoms with E-state index in [0.717, 1.165) is 6.08 Å². The average molecular weight is 338 g/mol. The van der Waals surface area contributed by atoms with Gasteiger partial charge in [0, 0.05) is 13.2 Å². The molecule has 4 atom stereocenters. The lowest BCUT2D eigenvalue weighted by molar-refractivity contribution is -0.154. The molecule has 2 rings (SSSR count). The van der Waals surface area contributed by atoms with Crippen molar-refractivity contribution in [3.05, 3.63) is 35.9 Å². The van der Waals surface area contributed by atoms with Crippen molar-refractivity contribution in [2.45, 2.75) is 24.4 Å². The van der Waals surface area contributed by atoms with Gasteiger partial charge in [-0.1, -0.05) is 12.1 Å². The van der Waals surface area contributed by atoms with Crippen LogP contribution in [0.3, 0.4) is 0 Å². The molecule has 1 aliphatic heterocycles. The standard InChI is InChI=1S/C16H18O8/c1-22-15-13(20)16(21)24-14(15)11(18)8-23-12(19)7-4-9-2-5-10(17)6-3-9/h2-7,11,13-15,17-18,20H,8H2,1H3/b7-4+/t11?,13-,14+,15+/m1/s1. The van der Waals surface area contributed by atoms with E-state index >= 15 is 0 Å². The molecule has 8 nitrogen and oxygen atoms in total. The average Bonchev–Trinajstić information content (AvgIpc) is 2.86. The van der Waals surface area contributed by atoms with Gasteiger partial charge >= 0.3 is 11.9 Å². The molecule has 3 N–H and O–H groups in total. The van der Waals surface area contributed by atoms with Crippen LogP contribution in [-0.4, -0.2) is 65.4 Å². The molecule has 130 valence electrons. The maximum Gasteiger partial charge on any atom is 0.338 e. The number of aliphatic hydroxyl groups is 2. The third kappa shape index (κ3) is 4.31. The Bertz CT molecular complexity index is 609. The molecule has 0 spiro atoms. The van der Waals surface area contributed by atoms with Gasteiger partial charge in [0.25, 0.3) is 0 Å². The fourth-order valence-electron chi connectivity index (χ4n) is 2.21. The number of carbonyl (C=O) groups excluding carboxylic acids is 2.